The summed E-state index contributed by atoms with van der Waals surface area (Å²) in [7, 11) is 1.50. The molecule has 0 radical (unpaired) electrons. The minimum absolute atomic E-state index is 0.0913. The Morgan fingerprint density at radius 3 is 2.44 bits per heavy atom. The molecule has 1 heterocycles. The average Bonchev–Trinajstić information content (AvgIpc) is 2.82. The molecule has 1 aliphatic rings. The van der Waals surface area contributed by atoms with Crippen molar-refractivity contribution in [1.82, 2.24) is 0 Å². The van der Waals surface area contributed by atoms with Gasteiger partial charge in [0.1, 0.15) is 19.4 Å². The van der Waals surface area contributed by atoms with Crippen molar-refractivity contribution in [3.05, 3.63) is 70.8 Å². The molecule has 9 heteroatoms. The second-order valence-corrected chi connectivity index (χ2v) is 6.81. The summed E-state index contributed by atoms with van der Waals surface area (Å²) in [5, 5.41) is 15.9. The highest BCUT2D eigenvalue weighted by molar-refractivity contribution is 6.03. The number of ether oxygens (including phenoxy) is 1. The maximum Gasteiger partial charge on any atom is 0.267 e. The molecule has 168 valence electrons. The van der Waals surface area contributed by atoms with Gasteiger partial charge >= 0.3 is 0 Å². The standard InChI is InChI=1S/C23H26N4O5/c1-17-8-10-19(11-9-17)23(27-28-3)18(2)32-25-15-21-7-5-4-6-20(21)14-24-31-16-22-26-30-13-12-29-22/h4-11,14-15,18H,12-13,16H2,1-3H3. The minimum atomic E-state index is -0.420. The van der Waals surface area contributed by atoms with Crippen LogP contribution in [0.4, 0.5) is 0 Å². The van der Waals surface area contributed by atoms with E-state index in [1.54, 1.807) is 12.4 Å². The first-order chi connectivity index (χ1) is 15.7. The first-order valence-electron chi connectivity index (χ1n) is 10.1. The third-order valence-electron chi connectivity index (χ3n) is 4.39. The van der Waals surface area contributed by atoms with Gasteiger partial charge in [0.15, 0.2) is 19.3 Å². The second kappa shape index (κ2) is 12.1. The van der Waals surface area contributed by atoms with Gasteiger partial charge in [0.25, 0.3) is 5.90 Å². The maximum absolute atomic E-state index is 5.64. The summed E-state index contributed by atoms with van der Waals surface area (Å²) < 4.78 is 5.27. The van der Waals surface area contributed by atoms with E-state index in [0.29, 0.717) is 24.8 Å². The van der Waals surface area contributed by atoms with Crippen LogP contribution in [-0.2, 0) is 24.1 Å². The third-order valence-corrected chi connectivity index (χ3v) is 4.39. The molecule has 1 atom stereocenters. The summed E-state index contributed by atoms with van der Waals surface area (Å²) in [4.78, 5) is 20.8. The zero-order valence-corrected chi connectivity index (χ0v) is 18.3. The summed E-state index contributed by atoms with van der Waals surface area (Å²) >= 11 is 0. The van der Waals surface area contributed by atoms with Crippen LogP contribution in [0.2, 0.25) is 0 Å². The Hall–Kier alpha value is -3.88. The van der Waals surface area contributed by atoms with Crippen LogP contribution < -0.4 is 0 Å². The van der Waals surface area contributed by atoms with Gasteiger partial charge in [-0.1, -0.05) is 69.6 Å². The fourth-order valence-corrected chi connectivity index (χ4v) is 2.75. The van der Waals surface area contributed by atoms with Gasteiger partial charge < -0.3 is 24.1 Å². The van der Waals surface area contributed by atoms with Gasteiger partial charge in [-0.05, 0) is 19.0 Å². The van der Waals surface area contributed by atoms with Gasteiger partial charge in [-0.15, -0.1) is 0 Å². The van der Waals surface area contributed by atoms with Gasteiger partial charge in [-0.25, -0.2) is 0 Å². The van der Waals surface area contributed by atoms with Crippen molar-refractivity contribution < 1.29 is 24.1 Å². The van der Waals surface area contributed by atoms with Crippen molar-refractivity contribution in [2.24, 2.45) is 20.6 Å². The minimum Gasteiger partial charge on any atom is -0.472 e. The molecule has 0 saturated heterocycles. The Morgan fingerprint density at radius 1 is 1.06 bits per heavy atom. The van der Waals surface area contributed by atoms with Crippen LogP contribution in [0.15, 0.2) is 69.2 Å². The molecule has 32 heavy (non-hydrogen) atoms. The average molecular weight is 438 g/mol. The van der Waals surface area contributed by atoms with Crippen molar-refractivity contribution in [3.8, 4) is 0 Å². The van der Waals surface area contributed by atoms with Gasteiger partial charge in [-0.2, -0.15) is 0 Å². The summed E-state index contributed by atoms with van der Waals surface area (Å²) in [6.07, 6.45) is 2.77. The lowest BCUT2D eigenvalue weighted by atomic mass is 10.0. The van der Waals surface area contributed by atoms with E-state index in [9.17, 15) is 0 Å². The third kappa shape index (κ3) is 6.83. The molecule has 3 rings (SSSR count). The number of nitrogens with zero attached hydrogens (tertiary/aromatic N) is 4. The largest absolute Gasteiger partial charge is 0.472 e. The molecule has 0 bridgehead atoms. The van der Waals surface area contributed by atoms with Gasteiger partial charge in [0.05, 0.1) is 12.4 Å². The van der Waals surface area contributed by atoms with Crippen molar-refractivity contribution in [2.45, 2.75) is 20.0 Å². The van der Waals surface area contributed by atoms with E-state index in [1.807, 2.05) is 62.4 Å². The number of rotatable bonds is 10. The first-order valence-corrected chi connectivity index (χ1v) is 10.1. The number of oxime groups is 4. The molecule has 0 saturated carbocycles. The molecule has 2 aromatic carbocycles. The molecule has 0 spiro atoms. The van der Waals surface area contributed by atoms with E-state index >= 15 is 0 Å². The first kappa shape index (κ1) is 22.8. The van der Waals surface area contributed by atoms with E-state index < -0.39 is 6.10 Å². The van der Waals surface area contributed by atoms with E-state index in [0.717, 1.165) is 22.3 Å². The van der Waals surface area contributed by atoms with E-state index in [1.165, 1.54) is 7.11 Å². The fourth-order valence-electron chi connectivity index (χ4n) is 2.75. The fraction of sp³-hybridized carbons (Fsp3) is 0.304. The molecule has 0 amide bonds. The van der Waals surface area contributed by atoms with Crippen LogP contribution in [0.1, 0.15) is 29.2 Å². The topological polar surface area (TPSA) is 95.6 Å². The summed E-state index contributed by atoms with van der Waals surface area (Å²) in [6, 6.07) is 15.5. The maximum atomic E-state index is 5.64. The molecule has 0 N–H and O–H groups in total. The van der Waals surface area contributed by atoms with Crippen molar-refractivity contribution in [2.75, 3.05) is 26.9 Å². The highest BCUT2D eigenvalue weighted by Gasteiger charge is 2.15. The molecule has 1 unspecified atom stereocenters. The Bertz CT molecular complexity index is 986. The zero-order chi connectivity index (χ0) is 22.6. The highest BCUT2D eigenvalue weighted by atomic mass is 16.7. The number of hydrogen-bond donors (Lipinski definition) is 0. The Labute approximate surface area is 186 Å². The SMILES string of the molecule is CON=C(c1ccc(C)cc1)C(C)ON=Cc1ccccc1C=NOCC1=NOCCO1. The Morgan fingerprint density at radius 2 is 1.78 bits per heavy atom. The van der Waals surface area contributed by atoms with E-state index in [-0.39, 0.29) is 6.61 Å². The predicted molar refractivity (Wildman–Crippen MR) is 122 cm³/mol. The quantitative estimate of drug-likeness (QED) is 0.418. The van der Waals surface area contributed by atoms with Gasteiger partial charge in [0, 0.05) is 16.7 Å². The van der Waals surface area contributed by atoms with Crippen molar-refractivity contribution >= 4 is 24.0 Å². The molecule has 2 aromatic rings. The van der Waals surface area contributed by atoms with Crippen LogP contribution in [0, 0.1) is 6.92 Å². The zero-order valence-electron chi connectivity index (χ0n) is 18.3. The van der Waals surface area contributed by atoms with Crippen LogP contribution >= 0.6 is 0 Å². The Balaban J connectivity index is 1.60. The second-order valence-electron chi connectivity index (χ2n) is 6.81. The van der Waals surface area contributed by atoms with E-state index in [2.05, 4.69) is 20.6 Å². The number of hydrogen-bond acceptors (Lipinski definition) is 9. The number of benzene rings is 2. The molecule has 0 aliphatic carbocycles. The molecule has 0 aromatic heterocycles. The predicted octanol–water partition coefficient (Wildman–Crippen LogP) is 3.50. The number of aryl methyl sites for hydroxylation is 1. The lowest BCUT2D eigenvalue weighted by molar-refractivity contribution is 0.0495. The van der Waals surface area contributed by atoms with Crippen molar-refractivity contribution in [3.63, 3.8) is 0 Å². The smallest absolute Gasteiger partial charge is 0.267 e. The van der Waals surface area contributed by atoms with Gasteiger partial charge in [-0.3, -0.25) is 0 Å². The molecular formula is C23H26N4O5. The molecule has 9 nitrogen and oxygen atoms in total. The summed E-state index contributed by atoms with van der Waals surface area (Å²) in [5.41, 5.74) is 4.32. The van der Waals surface area contributed by atoms with Crippen LogP contribution in [-0.4, -0.2) is 57.1 Å². The highest BCUT2D eigenvalue weighted by Crippen LogP contribution is 2.11. The van der Waals surface area contributed by atoms with Crippen LogP contribution in [0.25, 0.3) is 0 Å². The molecular weight excluding hydrogens is 412 g/mol. The monoisotopic (exact) mass is 438 g/mol. The Kier molecular flexibility index (Phi) is 8.61. The van der Waals surface area contributed by atoms with Crippen LogP contribution in [0.5, 0.6) is 0 Å². The normalized spacial score (nSPS) is 15.1. The summed E-state index contributed by atoms with van der Waals surface area (Å²) in [6.45, 7) is 4.86. The lowest BCUT2D eigenvalue weighted by Crippen LogP contribution is -2.20. The molecule has 0 fully saturated rings. The summed E-state index contributed by atoms with van der Waals surface area (Å²) in [5.74, 6) is 0.354. The van der Waals surface area contributed by atoms with E-state index in [4.69, 9.17) is 24.1 Å². The van der Waals surface area contributed by atoms with Gasteiger partial charge in [0.2, 0.25) is 0 Å². The lowest BCUT2D eigenvalue weighted by Gasteiger charge is -2.13. The molecule has 1 aliphatic heterocycles. The van der Waals surface area contributed by atoms with Crippen LogP contribution in [0.3, 0.4) is 0 Å². The van der Waals surface area contributed by atoms with Crippen molar-refractivity contribution in [1.29, 1.82) is 0 Å².